The van der Waals surface area contributed by atoms with Crippen LogP contribution >= 0.6 is 0 Å². The molecule has 0 saturated carbocycles. The topological polar surface area (TPSA) is 154 Å². The Hall–Kier alpha value is -5.10. The second kappa shape index (κ2) is 16.7. The summed E-state index contributed by atoms with van der Waals surface area (Å²) in [6, 6.07) is 20.4. The van der Waals surface area contributed by atoms with E-state index in [0.29, 0.717) is 55.0 Å². The number of carbonyl (C=O) groups excluding carboxylic acids is 3. The maximum absolute atomic E-state index is 13.7. The van der Waals surface area contributed by atoms with Crippen molar-refractivity contribution in [1.29, 1.82) is 0 Å². The van der Waals surface area contributed by atoms with Crippen molar-refractivity contribution in [3.63, 3.8) is 0 Å². The van der Waals surface area contributed by atoms with Gasteiger partial charge in [-0.1, -0.05) is 24.3 Å². The minimum Gasteiger partial charge on any atom is -0.495 e. The van der Waals surface area contributed by atoms with Gasteiger partial charge in [-0.25, -0.2) is 14.0 Å². The van der Waals surface area contributed by atoms with E-state index in [1.807, 2.05) is 36.4 Å². The highest BCUT2D eigenvalue weighted by molar-refractivity contribution is 6.27. The number of ether oxygens (including phenoxy) is 1. The minimum absolute atomic E-state index is 0.0578. The number of methoxy groups -OCH3 is 1. The molecule has 12 heteroatoms. The van der Waals surface area contributed by atoms with Crippen LogP contribution in [0.5, 0.6) is 5.75 Å². The monoisotopic (exact) mass is 621 g/mol. The molecule has 0 spiro atoms. The Morgan fingerprint density at radius 3 is 2.02 bits per heavy atom. The molecule has 238 valence electrons. The van der Waals surface area contributed by atoms with E-state index >= 15 is 0 Å². The number of hydrogen-bond donors (Lipinski definition) is 3. The van der Waals surface area contributed by atoms with Crippen LogP contribution in [0.1, 0.15) is 46.0 Å². The van der Waals surface area contributed by atoms with Crippen molar-refractivity contribution in [2.45, 2.75) is 26.3 Å². The zero-order valence-electron chi connectivity index (χ0n) is 25.1. The Kier molecular flexibility index (Phi) is 12.7. The first-order valence-electron chi connectivity index (χ1n) is 14.3. The number of likely N-dealkylation sites (tertiary alicyclic amines) is 1. The third-order valence-corrected chi connectivity index (χ3v) is 7.27. The number of carboxylic acids is 2. The molecule has 1 aliphatic rings. The molecular formula is C33H36FN3O8. The molecule has 0 unspecified atom stereocenters. The highest BCUT2D eigenvalue weighted by Crippen LogP contribution is 2.29. The molecule has 1 heterocycles. The number of halogens is 1. The molecule has 2 amide bonds. The standard InChI is InChI=1S/C31H34FN3O4.C2H2O4/c1-22(36)33-21-23-7-9-26(10-8-23)31(38)35(28-5-3-4-6-29(28)39-2)20-19-34-17-15-25(16-18-34)30(37)24-11-13-27(32)14-12-24;3-1(4)2(5)6/h3-14,25H,15-21H2,1-2H3,(H,33,36);(H,3,4)(H,5,6). The second-order valence-corrected chi connectivity index (χ2v) is 10.3. The number of carboxylic acid groups (broad SMARTS) is 2. The van der Waals surface area contributed by atoms with E-state index in [1.165, 1.54) is 19.1 Å². The molecule has 1 saturated heterocycles. The number of aliphatic carboxylic acids is 2. The fourth-order valence-corrected chi connectivity index (χ4v) is 4.84. The smallest absolute Gasteiger partial charge is 0.414 e. The molecule has 0 radical (unpaired) electrons. The minimum atomic E-state index is -1.82. The average Bonchev–Trinajstić information content (AvgIpc) is 3.04. The summed E-state index contributed by atoms with van der Waals surface area (Å²) in [7, 11) is 1.58. The Morgan fingerprint density at radius 1 is 0.889 bits per heavy atom. The molecule has 3 N–H and O–H groups in total. The Labute approximate surface area is 260 Å². The van der Waals surface area contributed by atoms with Crippen LogP contribution in [0.2, 0.25) is 0 Å². The summed E-state index contributed by atoms with van der Waals surface area (Å²) in [5.74, 6) is -3.68. The van der Waals surface area contributed by atoms with E-state index in [1.54, 1.807) is 36.3 Å². The molecule has 0 aliphatic carbocycles. The van der Waals surface area contributed by atoms with Crippen LogP contribution in [-0.4, -0.2) is 77.9 Å². The Morgan fingerprint density at radius 2 is 1.47 bits per heavy atom. The van der Waals surface area contributed by atoms with Crippen molar-refractivity contribution in [2.75, 3.05) is 38.2 Å². The van der Waals surface area contributed by atoms with Crippen LogP contribution in [0, 0.1) is 11.7 Å². The van der Waals surface area contributed by atoms with Gasteiger partial charge in [-0.2, -0.15) is 0 Å². The van der Waals surface area contributed by atoms with Crippen LogP contribution in [0.4, 0.5) is 10.1 Å². The molecule has 0 aromatic heterocycles. The normalized spacial score (nSPS) is 13.1. The van der Waals surface area contributed by atoms with Gasteiger partial charge in [0.05, 0.1) is 12.8 Å². The van der Waals surface area contributed by atoms with Gasteiger partial charge in [0.25, 0.3) is 5.91 Å². The number of anilines is 1. The lowest BCUT2D eigenvalue weighted by Gasteiger charge is -2.33. The van der Waals surface area contributed by atoms with Crippen LogP contribution in [0.3, 0.4) is 0 Å². The maximum atomic E-state index is 13.7. The first-order valence-corrected chi connectivity index (χ1v) is 14.3. The number of amides is 2. The van der Waals surface area contributed by atoms with E-state index in [-0.39, 0.29) is 29.3 Å². The number of nitrogens with one attached hydrogen (secondary N) is 1. The van der Waals surface area contributed by atoms with Gasteiger partial charge in [0.2, 0.25) is 5.91 Å². The van der Waals surface area contributed by atoms with Crippen molar-refractivity contribution >= 4 is 35.2 Å². The number of carbonyl (C=O) groups is 5. The number of nitrogens with zero attached hydrogens (tertiary/aromatic N) is 2. The molecule has 3 aromatic carbocycles. The van der Waals surface area contributed by atoms with Gasteiger partial charge in [0.1, 0.15) is 11.6 Å². The number of ketones is 1. The van der Waals surface area contributed by atoms with Crippen molar-refractivity contribution < 1.29 is 43.3 Å². The van der Waals surface area contributed by atoms with Crippen LogP contribution in [0.25, 0.3) is 0 Å². The second-order valence-electron chi connectivity index (χ2n) is 10.3. The van der Waals surface area contributed by atoms with Crippen molar-refractivity contribution in [2.24, 2.45) is 5.92 Å². The van der Waals surface area contributed by atoms with Gasteiger partial charge in [-0.3, -0.25) is 14.4 Å². The number of Topliss-reactive ketones (excluding diaryl/α,β-unsaturated/α-hetero) is 1. The molecule has 1 fully saturated rings. The fourth-order valence-electron chi connectivity index (χ4n) is 4.84. The summed E-state index contributed by atoms with van der Waals surface area (Å²) in [6.45, 7) is 4.44. The maximum Gasteiger partial charge on any atom is 0.414 e. The summed E-state index contributed by atoms with van der Waals surface area (Å²) < 4.78 is 18.8. The molecular weight excluding hydrogens is 585 g/mol. The molecule has 0 atom stereocenters. The van der Waals surface area contributed by atoms with Gasteiger partial charge in [0, 0.05) is 43.6 Å². The zero-order chi connectivity index (χ0) is 32.9. The lowest BCUT2D eigenvalue weighted by atomic mass is 9.89. The predicted octanol–water partition coefficient (Wildman–Crippen LogP) is 3.87. The predicted molar refractivity (Wildman–Crippen MR) is 164 cm³/mol. The molecule has 45 heavy (non-hydrogen) atoms. The largest absolute Gasteiger partial charge is 0.495 e. The highest BCUT2D eigenvalue weighted by Gasteiger charge is 2.27. The molecule has 3 aromatic rings. The van der Waals surface area contributed by atoms with Crippen molar-refractivity contribution in [3.8, 4) is 5.75 Å². The van der Waals surface area contributed by atoms with E-state index in [9.17, 15) is 18.8 Å². The zero-order valence-corrected chi connectivity index (χ0v) is 25.1. The molecule has 1 aliphatic heterocycles. The van der Waals surface area contributed by atoms with Gasteiger partial charge < -0.3 is 30.1 Å². The van der Waals surface area contributed by atoms with E-state index in [4.69, 9.17) is 24.5 Å². The SMILES string of the molecule is COc1ccccc1N(CCN1CCC(C(=O)c2ccc(F)cc2)CC1)C(=O)c1ccc(CNC(C)=O)cc1.O=C(O)C(=O)O. The number of rotatable bonds is 10. The van der Waals surface area contributed by atoms with Crippen molar-refractivity contribution in [3.05, 3.63) is 95.3 Å². The first-order chi connectivity index (χ1) is 21.5. The van der Waals surface area contributed by atoms with Gasteiger partial charge in [-0.15, -0.1) is 0 Å². The van der Waals surface area contributed by atoms with Gasteiger partial charge in [-0.05, 0) is 80.0 Å². The third kappa shape index (κ3) is 10.2. The number of piperidine rings is 1. The summed E-state index contributed by atoms with van der Waals surface area (Å²) in [5.41, 5.74) is 2.68. The Bertz CT molecular complexity index is 1470. The summed E-state index contributed by atoms with van der Waals surface area (Å²) >= 11 is 0. The summed E-state index contributed by atoms with van der Waals surface area (Å²) in [6.07, 6.45) is 1.43. The van der Waals surface area contributed by atoms with Crippen LogP contribution < -0.4 is 15.0 Å². The first kappa shape index (κ1) is 34.4. The van der Waals surface area contributed by atoms with E-state index in [2.05, 4.69) is 10.2 Å². The summed E-state index contributed by atoms with van der Waals surface area (Å²) in [4.78, 5) is 60.0. The number of hydrogen-bond acceptors (Lipinski definition) is 7. The van der Waals surface area contributed by atoms with Crippen molar-refractivity contribution in [1.82, 2.24) is 10.2 Å². The highest BCUT2D eigenvalue weighted by atomic mass is 19.1. The molecule has 4 rings (SSSR count). The third-order valence-electron chi connectivity index (χ3n) is 7.27. The van der Waals surface area contributed by atoms with Crippen LogP contribution in [-0.2, 0) is 20.9 Å². The number of para-hydroxylation sites is 2. The molecule has 11 nitrogen and oxygen atoms in total. The Balaban J connectivity index is 0.000000838. The average molecular weight is 622 g/mol. The quantitative estimate of drug-likeness (QED) is 0.226. The van der Waals surface area contributed by atoms with Crippen LogP contribution in [0.15, 0.2) is 72.8 Å². The van der Waals surface area contributed by atoms with Gasteiger partial charge >= 0.3 is 11.9 Å². The molecule has 0 bridgehead atoms. The number of benzene rings is 3. The lowest BCUT2D eigenvalue weighted by Crippen LogP contribution is -2.43. The summed E-state index contributed by atoms with van der Waals surface area (Å²) in [5, 5.41) is 17.5. The van der Waals surface area contributed by atoms with Gasteiger partial charge in [0.15, 0.2) is 5.78 Å². The fraction of sp³-hybridized carbons (Fsp3) is 0.303. The lowest BCUT2D eigenvalue weighted by molar-refractivity contribution is -0.159. The van der Waals surface area contributed by atoms with E-state index in [0.717, 1.165) is 18.7 Å². The van der Waals surface area contributed by atoms with E-state index < -0.39 is 11.9 Å².